The van der Waals surface area contributed by atoms with Crippen molar-refractivity contribution in [2.75, 3.05) is 26.9 Å². The van der Waals surface area contributed by atoms with Gasteiger partial charge in [0.05, 0.1) is 26.9 Å². The Morgan fingerprint density at radius 1 is 0.625 bits per heavy atom. The lowest BCUT2D eigenvalue weighted by Gasteiger charge is -2.42. The number of rotatable bonds is 11. The molecule has 13 N–H and O–H groups in total. The zero-order chi connectivity index (χ0) is 40.7. The minimum Gasteiger partial charge on any atom is -0.507 e. The molecule has 0 radical (unpaired) electrons. The lowest BCUT2D eigenvalue weighted by molar-refractivity contribution is -0.323. The zero-order valence-electron chi connectivity index (χ0n) is 29.2. The van der Waals surface area contributed by atoms with Crippen LogP contribution < -0.4 is 19.6 Å². The van der Waals surface area contributed by atoms with Gasteiger partial charge in [-0.25, -0.2) is 0 Å². The molecule has 0 bridgehead atoms. The molecule has 3 aromatic rings. The summed E-state index contributed by atoms with van der Waals surface area (Å²) < 4.78 is 44.4. The van der Waals surface area contributed by atoms with Crippen LogP contribution in [0.5, 0.6) is 28.7 Å². The number of hydrogen-bond acceptors (Lipinski definition) is 22. The fourth-order valence-corrected chi connectivity index (χ4v) is 6.40. The first-order valence-electron chi connectivity index (χ1n) is 17.1. The molecule has 3 aliphatic heterocycles. The Hall–Kier alpha value is -3.95. The van der Waals surface area contributed by atoms with Crippen molar-refractivity contribution in [1.29, 1.82) is 0 Å². The van der Waals surface area contributed by atoms with Crippen molar-refractivity contribution < 1.29 is 104 Å². The van der Waals surface area contributed by atoms with Crippen LogP contribution in [0.3, 0.4) is 0 Å². The van der Waals surface area contributed by atoms with Gasteiger partial charge in [0.2, 0.25) is 23.8 Å². The van der Waals surface area contributed by atoms with Gasteiger partial charge >= 0.3 is 0 Å². The Morgan fingerprint density at radius 2 is 1.16 bits per heavy atom. The summed E-state index contributed by atoms with van der Waals surface area (Å²) in [4.78, 5) is 14.2. The van der Waals surface area contributed by atoms with Crippen molar-refractivity contribution in [3.8, 4) is 40.1 Å². The van der Waals surface area contributed by atoms with Crippen LogP contribution in [-0.4, -0.2) is 185 Å². The molecule has 310 valence electrons. The molecule has 22 nitrogen and oxygen atoms in total. The summed E-state index contributed by atoms with van der Waals surface area (Å²) in [5, 5.41) is 133. The van der Waals surface area contributed by atoms with Crippen molar-refractivity contribution in [2.45, 2.75) is 92.1 Å². The molecule has 3 saturated heterocycles. The first-order chi connectivity index (χ1) is 26.6. The minimum absolute atomic E-state index is 0.00165. The van der Waals surface area contributed by atoms with E-state index in [2.05, 4.69) is 0 Å². The molecule has 0 saturated carbocycles. The molecule has 2 aromatic carbocycles. The molecule has 56 heavy (non-hydrogen) atoms. The molecular formula is C34H42O22. The smallest absolute Gasteiger partial charge is 0.239 e. The second-order valence-corrected chi connectivity index (χ2v) is 13.3. The second kappa shape index (κ2) is 16.9. The van der Waals surface area contributed by atoms with E-state index in [0.717, 1.165) is 12.1 Å². The van der Waals surface area contributed by atoms with Crippen LogP contribution in [0.2, 0.25) is 0 Å². The SMILES string of the molecule is COc1cc(-c2oc3cc(O[C@@H]4OC(CO)[C@@H](O)[C@H](O)C4O)cc(O)c3c(=O)c2O[C@H]2OC(CO[C@@H]3OC(CO)[C@@H](O)[C@H](O)C3O)[C@@H](O)C(O)C2O)ccc1O. The van der Waals surface area contributed by atoms with E-state index in [1.807, 2.05) is 0 Å². The monoisotopic (exact) mass is 802 g/mol. The number of methoxy groups -OCH3 is 1. The molecule has 15 atom stereocenters. The van der Waals surface area contributed by atoms with Gasteiger partial charge in [0, 0.05) is 17.7 Å². The van der Waals surface area contributed by atoms with E-state index < -0.39 is 140 Å². The summed E-state index contributed by atoms with van der Waals surface area (Å²) in [6.07, 6.45) is -26.2. The number of phenols is 2. The highest BCUT2D eigenvalue weighted by Gasteiger charge is 2.49. The van der Waals surface area contributed by atoms with E-state index in [1.165, 1.54) is 25.3 Å². The Labute approximate surface area is 314 Å². The number of hydrogen-bond donors (Lipinski definition) is 13. The predicted molar refractivity (Wildman–Crippen MR) is 179 cm³/mol. The predicted octanol–water partition coefficient (Wildman–Crippen LogP) is -4.94. The molecule has 3 aliphatic rings. The number of phenolic OH excluding ortho intramolecular Hbond substituents is 2. The fraction of sp³-hybridized carbons (Fsp3) is 0.559. The third kappa shape index (κ3) is 7.83. The van der Waals surface area contributed by atoms with E-state index in [0.29, 0.717) is 0 Å². The van der Waals surface area contributed by atoms with Gasteiger partial charge in [-0.05, 0) is 18.2 Å². The van der Waals surface area contributed by atoms with Crippen molar-refractivity contribution >= 4 is 11.0 Å². The van der Waals surface area contributed by atoms with E-state index in [-0.39, 0.29) is 28.4 Å². The Kier molecular flexibility index (Phi) is 12.6. The Balaban J connectivity index is 1.34. The molecule has 0 spiro atoms. The maximum Gasteiger partial charge on any atom is 0.239 e. The number of aromatic hydroxyl groups is 2. The van der Waals surface area contributed by atoms with Gasteiger partial charge in [-0.1, -0.05) is 0 Å². The molecule has 3 fully saturated rings. The van der Waals surface area contributed by atoms with Crippen LogP contribution in [0.15, 0.2) is 39.5 Å². The summed E-state index contributed by atoms with van der Waals surface area (Å²) in [6.45, 7) is -2.24. The van der Waals surface area contributed by atoms with Gasteiger partial charge in [0.1, 0.15) is 95.7 Å². The van der Waals surface area contributed by atoms with E-state index >= 15 is 0 Å². The number of fused-ring (bicyclic) bond motifs is 1. The maximum atomic E-state index is 14.2. The number of benzene rings is 2. The highest BCUT2D eigenvalue weighted by molar-refractivity contribution is 5.88. The normalized spacial score (nSPS) is 36.3. The van der Waals surface area contributed by atoms with Crippen molar-refractivity contribution in [3.63, 3.8) is 0 Å². The fourth-order valence-electron chi connectivity index (χ4n) is 6.40. The van der Waals surface area contributed by atoms with E-state index in [9.17, 15) is 71.2 Å². The first-order valence-corrected chi connectivity index (χ1v) is 17.1. The summed E-state index contributed by atoms with van der Waals surface area (Å²) in [5.74, 6) is -2.69. The van der Waals surface area contributed by atoms with Crippen LogP contribution in [0.25, 0.3) is 22.3 Å². The van der Waals surface area contributed by atoms with Crippen molar-refractivity contribution in [1.82, 2.24) is 0 Å². The Morgan fingerprint density at radius 3 is 1.75 bits per heavy atom. The summed E-state index contributed by atoms with van der Waals surface area (Å²) in [7, 11) is 1.23. The minimum atomic E-state index is -2.06. The number of ether oxygens (including phenoxy) is 7. The molecule has 7 unspecified atom stereocenters. The molecular weight excluding hydrogens is 760 g/mol. The molecule has 0 aliphatic carbocycles. The summed E-state index contributed by atoms with van der Waals surface area (Å²) in [6, 6.07) is 5.68. The average Bonchev–Trinajstić information content (AvgIpc) is 3.18. The van der Waals surface area contributed by atoms with Crippen LogP contribution in [0.1, 0.15) is 0 Å². The van der Waals surface area contributed by atoms with Crippen LogP contribution in [0, 0.1) is 0 Å². The maximum absolute atomic E-state index is 14.2. The topological polar surface area (TPSA) is 358 Å². The van der Waals surface area contributed by atoms with E-state index in [4.69, 9.17) is 37.6 Å². The van der Waals surface area contributed by atoms with Gasteiger partial charge in [-0.15, -0.1) is 0 Å². The molecule has 0 amide bonds. The van der Waals surface area contributed by atoms with Gasteiger partial charge in [-0.3, -0.25) is 4.79 Å². The first kappa shape index (κ1) is 41.7. The number of aliphatic hydroxyl groups is 11. The largest absolute Gasteiger partial charge is 0.507 e. The lowest BCUT2D eigenvalue weighted by atomic mass is 9.98. The molecule has 4 heterocycles. The second-order valence-electron chi connectivity index (χ2n) is 13.3. The zero-order valence-corrected chi connectivity index (χ0v) is 29.2. The summed E-state index contributed by atoms with van der Waals surface area (Å²) in [5.41, 5.74) is -1.48. The highest BCUT2D eigenvalue weighted by Crippen LogP contribution is 2.40. The van der Waals surface area contributed by atoms with Crippen molar-refractivity contribution in [2.24, 2.45) is 0 Å². The van der Waals surface area contributed by atoms with Gasteiger partial charge in [0.15, 0.2) is 23.5 Å². The Bertz CT molecular complexity index is 1880. The van der Waals surface area contributed by atoms with Crippen LogP contribution >= 0.6 is 0 Å². The standard InChI is InChI=1S/C34H42O22/c1-49-14-4-10(2-3-12(14)37)30-31(23(42)19-13(38)5-11(6-15(19)52-30)51-33-28(47)25(44)21(40)17(8-36)54-33)56-34-29(48)26(45)22(41)18(55-34)9-50-32-27(46)24(43)20(39)16(7-35)53-32/h2-6,16-18,20-22,24-29,32-41,43-48H,7-9H2,1H3/t16?,17?,18?,20-,21-,22-,24+,25+,26?,27?,28?,29?,32-,33-,34-/m1/s1. The van der Waals surface area contributed by atoms with Crippen LogP contribution in [0.4, 0.5) is 0 Å². The molecule has 6 rings (SSSR count). The van der Waals surface area contributed by atoms with Gasteiger partial charge in [0.25, 0.3) is 0 Å². The number of aliphatic hydroxyl groups excluding tert-OH is 11. The molecule has 22 heteroatoms. The van der Waals surface area contributed by atoms with Gasteiger partial charge in [-0.2, -0.15) is 0 Å². The van der Waals surface area contributed by atoms with E-state index in [1.54, 1.807) is 0 Å². The van der Waals surface area contributed by atoms with Crippen LogP contribution in [-0.2, 0) is 18.9 Å². The van der Waals surface area contributed by atoms with Crippen molar-refractivity contribution in [3.05, 3.63) is 40.6 Å². The summed E-state index contributed by atoms with van der Waals surface area (Å²) >= 11 is 0. The lowest BCUT2D eigenvalue weighted by Crippen LogP contribution is -2.62. The third-order valence-electron chi connectivity index (χ3n) is 9.62. The van der Waals surface area contributed by atoms with Gasteiger partial charge < -0.3 is 104 Å². The quantitative estimate of drug-likeness (QED) is 0.0863. The third-order valence-corrected chi connectivity index (χ3v) is 9.62. The molecule has 1 aromatic heterocycles. The highest BCUT2D eigenvalue weighted by atomic mass is 16.7. The average molecular weight is 803 g/mol.